The third-order valence-electron chi connectivity index (χ3n) is 3.40. The molecule has 0 saturated carbocycles. The Balaban J connectivity index is 1.97. The first-order valence-corrected chi connectivity index (χ1v) is 7.39. The number of rotatable bonds is 4. The van der Waals surface area contributed by atoms with E-state index in [2.05, 4.69) is 39.1 Å². The lowest BCUT2D eigenvalue weighted by atomic mass is 10.2. The molecule has 1 saturated heterocycles. The Hall–Kier alpha value is -0.870. The molecule has 1 N–H and O–H groups in total. The maximum Gasteiger partial charge on any atom is 0.240 e. The van der Waals surface area contributed by atoms with E-state index in [0.29, 0.717) is 6.04 Å². The monoisotopic (exact) mass is 266 g/mol. The van der Waals surface area contributed by atoms with Gasteiger partial charge in [0.25, 0.3) is 0 Å². The van der Waals surface area contributed by atoms with Crippen molar-refractivity contribution in [2.24, 2.45) is 0 Å². The van der Waals surface area contributed by atoms with Crippen LogP contribution in [0.25, 0.3) is 0 Å². The standard InChI is InChI=1S/C14H22N2OS/c1-9(2)15-13-5-6-16(14(13)17)8-12-7-10(3)11(4)18-12/h7,9,13,15H,5-6,8H2,1-4H3. The number of nitrogens with one attached hydrogen (secondary N) is 1. The zero-order chi connectivity index (χ0) is 13.3. The maximum absolute atomic E-state index is 12.2. The minimum Gasteiger partial charge on any atom is -0.336 e. The smallest absolute Gasteiger partial charge is 0.240 e. The topological polar surface area (TPSA) is 32.3 Å². The van der Waals surface area contributed by atoms with Gasteiger partial charge >= 0.3 is 0 Å². The molecule has 1 aliphatic rings. The van der Waals surface area contributed by atoms with Crippen LogP contribution in [0.2, 0.25) is 0 Å². The molecule has 100 valence electrons. The van der Waals surface area contributed by atoms with Crippen molar-refractivity contribution in [3.63, 3.8) is 0 Å². The first kappa shape index (κ1) is 13.6. The molecule has 0 radical (unpaired) electrons. The second-order valence-corrected chi connectivity index (χ2v) is 6.72. The van der Waals surface area contributed by atoms with Gasteiger partial charge in [-0.3, -0.25) is 4.79 Å². The molecule has 0 bridgehead atoms. The number of thiophene rings is 1. The van der Waals surface area contributed by atoms with E-state index in [1.165, 1.54) is 15.3 Å². The summed E-state index contributed by atoms with van der Waals surface area (Å²) in [5.41, 5.74) is 1.33. The van der Waals surface area contributed by atoms with Gasteiger partial charge in [0.2, 0.25) is 5.91 Å². The zero-order valence-electron chi connectivity index (χ0n) is 11.6. The fourth-order valence-corrected chi connectivity index (χ4v) is 3.44. The summed E-state index contributed by atoms with van der Waals surface area (Å²) in [6, 6.07) is 2.59. The highest BCUT2D eigenvalue weighted by molar-refractivity contribution is 7.12. The molecular formula is C14H22N2OS. The minimum atomic E-state index is 0.0205. The first-order chi connectivity index (χ1) is 8.47. The molecule has 1 aromatic rings. The fourth-order valence-electron chi connectivity index (χ4n) is 2.37. The van der Waals surface area contributed by atoms with E-state index < -0.39 is 0 Å². The third kappa shape index (κ3) is 2.93. The number of hydrogen-bond donors (Lipinski definition) is 1. The van der Waals surface area contributed by atoms with Crippen molar-refractivity contribution in [3.05, 3.63) is 21.4 Å². The van der Waals surface area contributed by atoms with Gasteiger partial charge in [-0.05, 0) is 31.9 Å². The summed E-state index contributed by atoms with van der Waals surface area (Å²) in [7, 11) is 0. The number of hydrogen-bond acceptors (Lipinski definition) is 3. The number of aryl methyl sites for hydroxylation is 2. The van der Waals surface area contributed by atoms with E-state index in [-0.39, 0.29) is 11.9 Å². The summed E-state index contributed by atoms with van der Waals surface area (Å²) in [4.78, 5) is 16.8. The van der Waals surface area contributed by atoms with Crippen LogP contribution < -0.4 is 5.32 Å². The third-order valence-corrected chi connectivity index (χ3v) is 4.53. The normalized spacial score (nSPS) is 20.2. The number of likely N-dealkylation sites (tertiary alicyclic amines) is 1. The minimum absolute atomic E-state index is 0.0205. The first-order valence-electron chi connectivity index (χ1n) is 6.58. The number of amides is 1. The van der Waals surface area contributed by atoms with Crippen LogP contribution in [0.5, 0.6) is 0 Å². The highest BCUT2D eigenvalue weighted by Crippen LogP contribution is 2.24. The lowest BCUT2D eigenvalue weighted by Crippen LogP contribution is -2.41. The summed E-state index contributed by atoms with van der Waals surface area (Å²) >= 11 is 1.80. The van der Waals surface area contributed by atoms with Gasteiger partial charge in [0, 0.05) is 22.3 Å². The van der Waals surface area contributed by atoms with Crippen LogP contribution in [0.3, 0.4) is 0 Å². The van der Waals surface area contributed by atoms with E-state index in [9.17, 15) is 4.79 Å². The lowest BCUT2D eigenvalue weighted by molar-refractivity contribution is -0.130. The molecule has 1 atom stereocenters. The second-order valence-electron chi connectivity index (χ2n) is 5.37. The van der Waals surface area contributed by atoms with Crippen LogP contribution in [0.4, 0.5) is 0 Å². The summed E-state index contributed by atoms with van der Waals surface area (Å²) in [5.74, 6) is 0.257. The quantitative estimate of drug-likeness (QED) is 0.908. The van der Waals surface area contributed by atoms with Crippen LogP contribution in [-0.2, 0) is 11.3 Å². The summed E-state index contributed by atoms with van der Waals surface area (Å²) < 4.78 is 0. The molecule has 1 unspecified atom stereocenters. The van der Waals surface area contributed by atoms with Gasteiger partial charge in [-0.2, -0.15) is 0 Å². The number of carbonyl (C=O) groups is 1. The van der Waals surface area contributed by atoms with Gasteiger partial charge in [-0.15, -0.1) is 11.3 Å². The van der Waals surface area contributed by atoms with Crippen molar-refractivity contribution in [1.82, 2.24) is 10.2 Å². The molecule has 2 rings (SSSR count). The lowest BCUT2D eigenvalue weighted by Gasteiger charge is -2.17. The number of carbonyl (C=O) groups excluding carboxylic acids is 1. The Morgan fingerprint density at radius 2 is 2.22 bits per heavy atom. The zero-order valence-corrected chi connectivity index (χ0v) is 12.4. The van der Waals surface area contributed by atoms with Gasteiger partial charge in [-0.1, -0.05) is 13.8 Å². The Bertz CT molecular complexity index is 420. The molecule has 2 heterocycles. The van der Waals surface area contributed by atoms with Crippen LogP contribution in [0, 0.1) is 13.8 Å². The van der Waals surface area contributed by atoms with Gasteiger partial charge in [0.15, 0.2) is 0 Å². The molecular weight excluding hydrogens is 244 g/mol. The maximum atomic E-state index is 12.2. The van der Waals surface area contributed by atoms with Crippen LogP contribution >= 0.6 is 11.3 Å². The van der Waals surface area contributed by atoms with Crippen molar-refractivity contribution in [1.29, 1.82) is 0 Å². The van der Waals surface area contributed by atoms with E-state index >= 15 is 0 Å². The summed E-state index contributed by atoms with van der Waals surface area (Å²) in [5, 5.41) is 3.34. The summed E-state index contributed by atoms with van der Waals surface area (Å²) in [6.45, 7) is 10.1. The van der Waals surface area contributed by atoms with Crippen molar-refractivity contribution in [2.45, 2.75) is 52.7 Å². The van der Waals surface area contributed by atoms with Crippen molar-refractivity contribution < 1.29 is 4.79 Å². The van der Waals surface area contributed by atoms with Crippen molar-refractivity contribution in [2.75, 3.05) is 6.54 Å². The van der Waals surface area contributed by atoms with E-state index in [1.807, 2.05) is 4.90 Å². The molecule has 1 fully saturated rings. The average Bonchev–Trinajstić information content (AvgIpc) is 2.76. The average molecular weight is 266 g/mol. The van der Waals surface area contributed by atoms with Crippen LogP contribution in [0.15, 0.2) is 6.07 Å². The van der Waals surface area contributed by atoms with Crippen molar-refractivity contribution in [3.8, 4) is 0 Å². The van der Waals surface area contributed by atoms with Crippen LogP contribution in [0.1, 0.15) is 35.6 Å². The highest BCUT2D eigenvalue weighted by Gasteiger charge is 2.31. The van der Waals surface area contributed by atoms with E-state index in [1.54, 1.807) is 11.3 Å². The Labute approximate surface area is 113 Å². The Morgan fingerprint density at radius 3 is 2.78 bits per heavy atom. The predicted molar refractivity (Wildman–Crippen MR) is 75.9 cm³/mol. The van der Waals surface area contributed by atoms with Crippen LogP contribution in [-0.4, -0.2) is 29.4 Å². The molecule has 0 aliphatic carbocycles. The van der Waals surface area contributed by atoms with Gasteiger partial charge in [-0.25, -0.2) is 0 Å². The van der Waals surface area contributed by atoms with Gasteiger partial charge in [0.1, 0.15) is 0 Å². The largest absolute Gasteiger partial charge is 0.336 e. The Kier molecular flexibility index (Phi) is 4.07. The molecule has 18 heavy (non-hydrogen) atoms. The second kappa shape index (κ2) is 5.41. The molecule has 4 heteroatoms. The van der Waals surface area contributed by atoms with E-state index in [0.717, 1.165) is 19.5 Å². The SMILES string of the molecule is Cc1cc(CN2CCC(NC(C)C)C2=O)sc1C. The molecule has 1 amide bonds. The number of nitrogens with zero attached hydrogens (tertiary/aromatic N) is 1. The Morgan fingerprint density at radius 1 is 1.50 bits per heavy atom. The van der Waals surface area contributed by atoms with E-state index in [4.69, 9.17) is 0 Å². The van der Waals surface area contributed by atoms with Gasteiger partial charge in [0.05, 0.1) is 12.6 Å². The molecule has 1 aliphatic heterocycles. The molecule has 0 aromatic carbocycles. The van der Waals surface area contributed by atoms with Gasteiger partial charge < -0.3 is 10.2 Å². The molecule has 1 aromatic heterocycles. The predicted octanol–water partition coefficient (Wildman–Crippen LogP) is 2.46. The fraction of sp³-hybridized carbons (Fsp3) is 0.643. The highest BCUT2D eigenvalue weighted by atomic mass is 32.1. The summed E-state index contributed by atoms with van der Waals surface area (Å²) in [6.07, 6.45) is 0.931. The van der Waals surface area contributed by atoms with Crippen molar-refractivity contribution >= 4 is 17.2 Å². The molecule has 3 nitrogen and oxygen atoms in total. The molecule has 0 spiro atoms.